The third-order valence-electron chi connectivity index (χ3n) is 2.54. The van der Waals surface area contributed by atoms with Crippen LogP contribution in [0.2, 0.25) is 0 Å². The molecule has 0 radical (unpaired) electrons. The van der Waals surface area contributed by atoms with Gasteiger partial charge in [-0.05, 0) is 12.1 Å². The zero-order chi connectivity index (χ0) is 12.5. The molecule has 0 saturated heterocycles. The van der Waals surface area contributed by atoms with Crippen molar-refractivity contribution in [2.24, 2.45) is 7.05 Å². The molecule has 0 N–H and O–H groups in total. The van der Waals surface area contributed by atoms with Crippen molar-refractivity contribution in [3.63, 3.8) is 0 Å². The van der Waals surface area contributed by atoms with E-state index in [2.05, 4.69) is 10.1 Å². The molecule has 3 aromatic rings. The Bertz CT molecular complexity index is 716. The van der Waals surface area contributed by atoms with E-state index in [-0.39, 0.29) is 0 Å². The number of nitrogens with zero attached hydrogens (tertiary/aromatic N) is 4. The Morgan fingerprint density at radius 1 is 1.39 bits per heavy atom. The van der Waals surface area contributed by atoms with Gasteiger partial charge in [0.05, 0.1) is 11.1 Å². The molecule has 3 aromatic heterocycles. The Hall–Kier alpha value is -2.08. The quantitative estimate of drug-likeness (QED) is 0.674. The lowest BCUT2D eigenvalue weighted by Crippen LogP contribution is -1.90. The molecular formula is C12H10N4OS. The number of carbonyl (C=O) groups is 1. The van der Waals surface area contributed by atoms with Crippen molar-refractivity contribution in [3.8, 4) is 0 Å². The molecule has 90 valence electrons. The minimum atomic E-state index is 0.569. The van der Waals surface area contributed by atoms with Crippen molar-refractivity contribution in [1.29, 1.82) is 0 Å². The average molecular weight is 258 g/mol. The van der Waals surface area contributed by atoms with Crippen LogP contribution < -0.4 is 0 Å². The van der Waals surface area contributed by atoms with Gasteiger partial charge in [0.1, 0.15) is 16.4 Å². The molecule has 0 aliphatic carbocycles. The zero-order valence-electron chi connectivity index (χ0n) is 9.65. The number of aromatic nitrogens is 4. The number of rotatable bonds is 3. The first-order valence-electron chi connectivity index (χ1n) is 5.36. The summed E-state index contributed by atoms with van der Waals surface area (Å²) in [5.41, 5.74) is 1.34. The van der Waals surface area contributed by atoms with E-state index in [9.17, 15) is 4.79 Å². The molecular weight excluding hydrogens is 248 g/mol. The fourth-order valence-electron chi connectivity index (χ4n) is 1.74. The smallest absolute Gasteiger partial charge is 0.169 e. The third kappa shape index (κ3) is 1.80. The van der Waals surface area contributed by atoms with Gasteiger partial charge in [-0.3, -0.25) is 13.9 Å². The van der Waals surface area contributed by atoms with Crippen molar-refractivity contribution >= 4 is 23.7 Å². The molecule has 0 amide bonds. The van der Waals surface area contributed by atoms with E-state index in [0.29, 0.717) is 10.7 Å². The standard InChI is InChI=1S/C12H10N4OS/c1-15-7-9(6-13-15)18-12-10(8-17)16-5-3-2-4-11(16)14-12/h2-8H,1H3. The zero-order valence-corrected chi connectivity index (χ0v) is 10.5. The summed E-state index contributed by atoms with van der Waals surface area (Å²) in [6, 6.07) is 5.65. The molecule has 0 saturated carbocycles. The van der Waals surface area contributed by atoms with Crippen LogP contribution in [0.25, 0.3) is 5.65 Å². The minimum absolute atomic E-state index is 0.569. The fourth-order valence-corrected chi connectivity index (χ4v) is 2.66. The molecule has 18 heavy (non-hydrogen) atoms. The van der Waals surface area contributed by atoms with Crippen molar-refractivity contribution in [2.75, 3.05) is 0 Å². The second kappa shape index (κ2) is 4.30. The number of imidazole rings is 1. The van der Waals surface area contributed by atoms with Crippen LogP contribution in [-0.2, 0) is 7.05 Å². The van der Waals surface area contributed by atoms with Crippen LogP contribution in [0.1, 0.15) is 10.5 Å². The molecule has 0 unspecified atom stereocenters. The molecule has 6 heteroatoms. The molecule has 0 spiro atoms. The largest absolute Gasteiger partial charge is 0.296 e. The van der Waals surface area contributed by atoms with Gasteiger partial charge in [-0.25, -0.2) is 4.98 Å². The maximum atomic E-state index is 11.2. The minimum Gasteiger partial charge on any atom is -0.296 e. The summed E-state index contributed by atoms with van der Waals surface area (Å²) in [6.07, 6.45) is 6.31. The SMILES string of the molecule is Cn1cc(Sc2nc3ccccn3c2C=O)cn1. The molecule has 0 aliphatic heterocycles. The van der Waals surface area contributed by atoms with E-state index >= 15 is 0 Å². The lowest BCUT2D eigenvalue weighted by atomic mass is 10.4. The number of hydrogen-bond donors (Lipinski definition) is 0. The average Bonchev–Trinajstić information content (AvgIpc) is 2.92. The summed E-state index contributed by atoms with van der Waals surface area (Å²) in [5, 5.41) is 4.79. The Balaban J connectivity index is 2.08. The Labute approximate surface area is 107 Å². The number of fused-ring (bicyclic) bond motifs is 1. The topological polar surface area (TPSA) is 52.2 Å². The van der Waals surface area contributed by atoms with Gasteiger partial charge in [-0.2, -0.15) is 5.10 Å². The number of aryl methyl sites for hydroxylation is 1. The summed E-state index contributed by atoms with van der Waals surface area (Å²) in [5.74, 6) is 0. The molecule has 3 rings (SSSR count). The highest BCUT2D eigenvalue weighted by Crippen LogP contribution is 2.29. The van der Waals surface area contributed by atoms with Crippen molar-refractivity contribution < 1.29 is 4.79 Å². The third-order valence-corrected chi connectivity index (χ3v) is 3.48. The highest BCUT2D eigenvalue weighted by Gasteiger charge is 2.12. The van der Waals surface area contributed by atoms with Crippen LogP contribution in [0, 0.1) is 0 Å². The maximum absolute atomic E-state index is 11.2. The highest BCUT2D eigenvalue weighted by molar-refractivity contribution is 7.99. The molecule has 0 bridgehead atoms. The fraction of sp³-hybridized carbons (Fsp3) is 0.0833. The van der Waals surface area contributed by atoms with Crippen molar-refractivity contribution in [2.45, 2.75) is 9.92 Å². The van der Waals surface area contributed by atoms with Gasteiger partial charge in [-0.1, -0.05) is 17.8 Å². The Morgan fingerprint density at radius 3 is 3.00 bits per heavy atom. The lowest BCUT2D eigenvalue weighted by molar-refractivity contribution is 0.111. The van der Waals surface area contributed by atoms with Crippen LogP contribution >= 0.6 is 11.8 Å². The van der Waals surface area contributed by atoms with Crippen molar-refractivity contribution in [1.82, 2.24) is 19.2 Å². The predicted molar refractivity (Wildman–Crippen MR) is 67.9 cm³/mol. The molecule has 5 nitrogen and oxygen atoms in total. The Morgan fingerprint density at radius 2 is 2.28 bits per heavy atom. The first-order chi connectivity index (χ1) is 8.78. The van der Waals surface area contributed by atoms with Crippen LogP contribution in [0.3, 0.4) is 0 Å². The van der Waals surface area contributed by atoms with Gasteiger partial charge < -0.3 is 0 Å². The number of hydrogen-bond acceptors (Lipinski definition) is 4. The van der Waals surface area contributed by atoms with Crippen LogP contribution in [-0.4, -0.2) is 25.5 Å². The van der Waals surface area contributed by atoms with Crippen molar-refractivity contribution in [3.05, 3.63) is 42.5 Å². The highest BCUT2D eigenvalue weighted by atomic mass is 32.2. The summed E-state index contributed by atoms with van der Waals surface area (Å²) in [7, 11) is 1.86. The molecule has 0 fully saturated rings. The summed E-state index contributed by atoms with van der Waals surface area (Å²) >= 11 is 1.44. The van der Waals surface area contributed by atoms with E-state index < -0.39 is 0 Å². The van der Waals surface area contributed by atoms with Gasteiger partial charge >= 0.3 is 0 Å². The number of aldehydes is 1. The summed E-state index contributed by atoms with van der Waals surface area (Å²) in [4.78, 5) is 16.6. The van der Waals surface area contributed by atoms with Gasteiger partial charge in [0.2, 0.25) is 0 Å². The first-order valence-corrected chi connectivity index (χ1v) is 6.18. The lowest BCUT2D eigenvalue weighted by Gasteiger charge is -1.95. The van der Waals surface area contributed by atoms with E-state index in [1.165, 1.54) is 11.8 Å². The predicted octanol–water partition coefficient (Wildman–Crippen LogP) is 2.03. The maximum Gasteiger partial charge on any atom is 0.169 e. The van der Waals surface area contributed by atoms with Crippen LogP contribution in [0.4, 0.5) is 0 Å². The first kappa shape index (κ1) is 11.0. The van der Waals surface area contributed by atoms with Gasteiger partial charge in [-0.15, -0.1) is 0 Å². The van der Waals surface area contributed by atoms with Gasteiger partial charge in [0, 0.05) is 19.4 Å². The monoisotopic (exact) mass is 258 g/mol. The van der Waals surface area contributed by atoms with Crippen LogP contribution in [0.5, 0.6) is 0 Å². The van der Waals surface area contributed by atoms with Gasteiger partial charge in [0.25, 0.3) is 0 Å². The molecule has 3 heterocycles. The molecule has 0 atom stereocenters. The van der Waals surface area contributed by atoms with E-state index in [1.54, 1.807) is 15.3 Å². The molecule has 0 aromatic carbocycles. The second-order valence-electron chi connectivity index (χ2n) is 3.80. The normalized spacial score (nSPS) is 10.9. The van der Waals surface area contributed by atoms with E-state index in [0.717, 1.165) is 16.8 Å². The number of carbonyl (C=O) groups excluding carboxylic acids is 1. The molecule has 0 aliphatic rings. The second-order valence-corrected chi connectivity index (χ2v) is 4.86. The van der Waals surface area contributed by atoms with Crippen LogP contribution in [0.15, 0.2) is 46.7 Å². The Kier molecular flexibility index (Phi) is 2.64. The van der Waals surface area contributed by atoms with Gasteiger partial charge in [0.15, 0.2) is 6.29 Å². The summed E-state index contributed by atoms with van der Waals surface area (Å²) in [6.45, 7) is 0. The summed E-state index contributed by atoms with van der Waals surface area (Å²) < 4.78 is 3.50. The van der Waals surface area contributed by atoms with E-state index in [4.69, 9.17) is 0 Å². The van der Waals surface area contributed by atoms with E-state index in [1.807, 2.05) is 37.6 Å². The number of pyridine rings is 1.